The van der Waals surface area contributed by atoms with E-state index in [-0.39, 0.29) is 6.10 Å². The number of benzene rings is 1. The maximum Gasteiger partial charge on any atom is 0.134 e. The van der Waals surface area contributed by atoms with Crippen LogP contribution in [0.3, 0.4) is 0 Å². The van der Waals surface area contributed by atoms with Gasteiger partial charge in [0.1, 0.15) is 28.9 Å². The fourth-order valence-corrected chi connectivity index (χ4v) is 3.96. The van der Waals surface area contributed by atoms with Crippen LogP contribution in [0, 0.1) is 12.7 Å². The Hall–Kier alpha value is -3.10. The van der Waals surface area contributed by atoms with E-state index in [0.29, 0.717) is 52.8 Å². The Kier molecular flexibility index (Phi) is 5.03. The predicted octanol–water partition coefficient (Wildman–Crippen LogP) is 4.10. The summed E-state index contributed by atoms with van der Waals surface area (Å²) >= 11 is 5.96. The molecule has 1 aromatic carbocycles. The molecule has 4 aromatic rings. The van der Waals surface area contributed by atoms with Crippen molar-refractivity contribution in [2.45, 2.75) is 13.0 Å². The molecule has 0 bridgehead atoms. The molecule has 1 aliphatic heterocycles. The van der Waals surface area contributed by atoms with Gasteiger partial charge in [-0.3, -0.25) is 9.67 Å². The molecule has 31 heavy (non-hydrogen) atoms. The molecule has 0 N–H and O–H groups in total. The second-order valence-electron chi connectivity index (χ2n) is 7.59. The minimum atomic E-state index is -0.448. The zero-order valence-electron chi connectivity index (χ0n) is 17.1. The molecule has 0 saturated carbocycles. The van der Waals surface area contributed by atoms with E-state index in [9.17, 15) is 4.39 Å². The number of fused-ring (bicyclic) bond motifs is 1. The van der Waals surface area contributed by atoms with Crippen LogP contribution in [0.4, 0.5) is 10.2 Å². The smallest absolute Gasteiger partial charge is 0.134 e. The summed E-state index contributed by atoms with van der Waals surface area (Å²) in [6.07, 6.45) is 5.30. The zero-order chi connectivity index (χ0) is 21.5. The van der Waals surface area contributed by atoms with Crippen LogP contribution in [0.1, 0.15) is 17.4 Å². The first-order chi connectivity index (χ1) is 15.0. The largest absolute Gasteiger partial charge is 0.370 e. The molecule has 9 heteroatoms. The average molecular weight is 439 g/mol. The van der Waals surface area contributed by atoms with Gasteiger partial charge in [0.25, 0.3) is 0 Å². The molecule has 1 aliphatic rings. The van der Waals surface area contributed by atoms with Gasteiger partial charge >= 0.3 is 0 Å². The van der Waals surface area contributed by atoms with Crippen molar-refractivity contribution in [1.82, 2.24) is 24.7 Å². The van der Waals surface area contributed by atoms with Gasteiger partial charge in [-0.2, -0.15) is 5.10 Å². The number of rotatable bonds is 3. The number of pyridine rings is 1. The van der Waals surface area contributed by atoms with Crippen molar-refractivity contribution in [2.24, 2.45) is 7.05 Å². The number of hydrogen-bond acceptors (Lipinski definition) is 6. The normalized spacial score (nSPS) is 16.8. The van der Waals surface area contributed by atoms with Crippen molar-refractivity contribution in [3.05, 3.63) is 65.0 Å². The molecule has 0 aliphatic carbocycles. The van der Waals surface area contributed by atoms with Crippen LogP contribution in [-0.4, -0.2) is 44.4 Å². The van der Waals surface area contributed by atoms with Crippen LogP contribution in [0.2, 0.25) is 5.02 Å². The summed E-state index contributed by atoms with van der Waals surface area (Å²) in [7, 11) is 1.88. The molecule has 4 heterocycles. The number of hydrogen-bond donors (Lipinski definition) is 0. The van der Waals surface area contributed by atoms with Crippen molar-refractivity contribution in [3.63, 3.8) is 0 Å². The third-order valence-corrected chi connectivity index (χ3v) is 5.54. The molecule has 1 unspecified atom stereocenters. The monoisotopic (exact) mass is 438 g/mol. The van der Waals surface area contributed by atoms with E-state index in [1.54, 1.807) is 23.0 Å². The van der Waals surface area contributed by atoms with E-state index in [4.69, 9.17) is 21.3 Å². The van der Waals surface area contributed by atoms with Crippen LogP contribution >= 0.6 is 11.6 Å². The quantitative estimate of drug-likeness (QED) is 0.479. The molecule has 3 aromatic heterocycles. The second-order valence-corrected chi connectivity index (χ2v) is 8.02. The van der Waals surface area contributed by atoms with E-state index in [2.05, 4.69) is 20.0 Å². The first-order valence-electron chi connectivity index (χ1n) is 9.93. The van der Waals surface area contributed by atoms with Crippen molar-refractivity contribution in [2.75, 3.05) is 24.6 Å². The highest BCUT2D eigenvalue weighted by molar-refractivity contribution is 6.30. The van der Waals surface area contributed by atoms with Crippen LogP contribution in [-0.2, 0) is 11.8 Å². The van der Waals surface area contributed by atoms with Crippen LogP contribution < -0.4 is 4.90 Å². The summed E-state index contributed by atoms with van der Waals surface area (Å²) in [4.78, 5) is 16.1. The summed E-state index contributed by atoms with van der Waals surface area (Å²) in [6.45, 7) is 3.69. The topological polar surface area (TPSA) is 69.0 Å². The molecule has 0 spiro atoms. The Morgan fingerprint density at radius 1 is 1.19 bits per heavy atom. The van der Waals surface area contributed by atoms with Gasteiger partial charge in [0.05, 0.1) is 24.0 Å². The minimum absolute atomic E-state index is 0.126. The van der Waals surface area contributed by atoms with E-state index >= 15 is 0 Å². The number of ether oxygens (including phenoxy) is 1. The van der Waals surface area contributed by atoms with Gasteiger partial charge in [-0.25, -0.2) is 14.4 Å². The lowest BCUT2D eigenvalue weighted by molar-refractivity contribution is 0.0395. The number of anilines is 1. The lowest BCUT2D eigenvalue weighted by Crippen LogP contribution is -2.38. The van der Waals surface area contributed by atoms with Gasteiger partial charge in [0.15, 0.2) is 0 Å². The number of halogens is 2. The number of morpholine rings is 1. The predicted molar refractivity (Wildman–Crippen MR) is 117 cm³/mol. The van der Waals surface area contributed by atoms with E-state index in [1.165, 1.54) is 6.07 Å². The van der Waals surface area contributed by atoms with Gasteiger partial charge in [-0.1, -0.05) is 11.6 Å². The molecule has 0 amide bonds. The molecular weight excluding hydrogens is 419 g/mol. The summed E-state index contributed by atoms with van der Waals surface area (Å²) < 4.78 is 22.5. The molecule has 1 fully saturated rings. The molecule has 7 nitrogen and oxygen atoms in total. The van der Waals surface area contributed by atoms with Crippen LogP contribution in [0.15, 0.2) is 42.9 Å². The van der Waals surface area contributed by atoms with Gasteiger partial charge < -0.3 is 9.64 Å². The van der Waals surface area contributed by atoms with Gasteiger partial charge in [-0.05, 0) is 25.1 Å². The Morgan fingerprint density at radius 3 is 2.84 bits per heavy atom. The molecule has 1 saturated heterocycles. The highest BCUT2D eigenvalue weighted by Gasteiger charge is 2.25. The number of aryl methyl sites for hydroxylation is 2. The Morgan fingerprint density at radius 2 is 2.06 bits per heavy atom. The van der Waals surface area contributed by atoms with Gasteiger partial charge in [0.2, 0.25) is 0 Å². The molecule has 0 radical (unpaired) electrons. The summed E-state index contributed by atoms with van der Waals surface area (Å²) in [5.41, 5.74) is 3.78. The Labute approximate surface area is 183 Å². The fourth-order valence-electron chi connectivity index (χ4n) is 3.80. The lowest BCUT2D eigenvalue weighted by atomic mass is 10.1. The molecule has 1 atom stereocenters. The summed E-state index contributed by atoms with van der Waals surface area (Å²) in [5, 5.41) is 4.57. The third-order valence-electron chi connectivity index (χ3n) is 5.31. The highest BCUT2D eigenvalue weighted by Crippen LogP contribution is 2.33. The van der Waals surface area contributed by atoms with E-state index in [0.717, 1.165) is 11.3 Å². The summed E-state index contributed by atoms with van der Waals surface area (Å²) in [5.74, 6) is 0.255. The fraction of sp³-hybridized carbons (Fsp3) is 0.273. The maximum atomic E-state index is 14.8. The van der Waals surface area contributed by atoms with Crippen molar-refractivity contribution < 1.29 is 9.13 Å². The highest BCUT2D eigenvalue weighted by atomic mass is 35.5. The van der Waals surface area contributed by atoms with E-state index in [1.807, 2.05) is 32.4 Å². The second kappa shape index (κ2) is 7.86. The molecular formula is C22H20ClFN6O. The number of nitrogens with zero attached hydrogens (tertiary/aromatic N) is 6. The van der Waals surface area contributed by atoms with Crippen molar-refractivity contribution in [3.8, 4) is 11.3 Å². The Bertz CT molecular complexity index is 1280. The third kappa shape index (κ3) is 3.84. The lowest BCUT2D eigenvalue weighted by Gasteiger charge is -2.33. The molecule has 5 rings (SSSR count). The van der Waals surface area contributed by atoms with Crippen LogP contribution in [0.25, 0.3) is 22.3 Å². The maximum absolute atomic E-state index is 14.8. The van der Waals surface area contributed by atoms with Crippen LogP contribution in [0.5, 0.6) is 0 Å². The van der Waals surface area contributed by atoms with Crippen molar-refractivity contribution in [1.29, 1.82) is 0 Å². The SMILES string of the molecule is Cc1cnc2c(-c3ccc(Cl)cc3F)nc(N3CCOC(c4cnn(C)c4)C3)cc2n1. The minimum Gasteiger partial charge on any atom is -0.370 e. The van der Waals surface area contributed by atoms with Gasteiger partial charge in [0, 0.05) is 54.7 Å². The Balaban J connectivity index is 1.60. The first-order valence-corrected chi connectivity index (χ1v) is 10.3. The van der Waals surface area contributed by atoms with E-state index < -0.39 is 5.82 Å². The standard InChI is InChI=1S/C22H20ClFN6O/c1-13-9-25-22-18(27-13)8-20(28-21(22)16-4-3-15(23)7-17(16)24)30-5-6-31-19(12-30)14-10-26-29(2)11-14/h3-4,7-11,19H,5-6,12H2,1-2H3. The van der Waals surface area contributed by atoms with Gasteiger partial charge in [-0.15, -0.1) is 0 Å². The zero-order valence-corrected chi connectivity index (χ0v) is 17.8. The average Bonchev–Trinajstić information content (AvgIpc) is 3.19. The summed E-state index contributed by atoms with van der Waals surface area (Å²) in [6, 6.07) is 6.46. The molecule has 158 valence electrons. The number of aromatic nitrogens is 5. The van der Waals surface area contributed by atoms with Crippen molar-refractivity contribution >= 4 is 28.5 Å². The first kappa shape index (κ1) is 19.8.